The van der Waals surface area contributed by atoms with Crippen molar-refractivity contribution in [3.63, 3.8) is 0 Å². The number of hydrogen-bond donors (Lipinski definition) is 0. The van der Waals surface area contributed by atoms with E-state index in [4.69, 9.17) is 0 Å². The molecule has 2 nitrogen and oxygen atoms in total. The maximum absolute atomic E-state index is 11.8. The van der Waals surface area contributed by atoms with Gasteiger partial charge in [0.25, 0.3) is 0 Å². The molecule has 0 fully saturated rings. The summed E-state index contributed by atoms with van der Waals surface area (Å²) in [6, 6.07) is 8.05. The fraction of sp³-hybridized carbons (Fsp3) is 0.154. The number of para-hydroxylation sites is 1. The minimum absolute atomic E-state index is 0.226. The third kappa shape index (κ3) is 1.02. The molecule has 1 heterocycles. The number of rotatable bonds is 0. The van der Waals surface area contributed by atoms with Crippen LogP contribution < -0.4 is 0 Å². The molecule has 1 aliphatic rings. The zero-order chi connectivity index (χ0) is 10.4. The van der Waals surface area contributed by atoms with Gasteiger partial charge < -0.3 is 4.57 Å². The number of carbonyl (C=O) groups is 1. The van der Waals surface area contributed by atoms with Crippen molar-refractivity contribution in [3.05, 3.63) is 41.6 Å². The van der Waals surface area contributed by atoms with Gasteiger partial charge in [-0.1, -0.05) is 24.3 Å². The lowest BCUT2D eigenvalue weighted by molar-refractivity contribution is 0.0996. The summed E-state index contributed by atoms with van der Waals surface area (Å²) in [6.45, 7) is 0. The highest BCUT2D eigenvalue weighted by Gasteiger charge is 2.20. The van der Waals surface area contributed by atoms with Crippen molar-refractivity contribution in [2.75, 3.05) is 0 Å². The Labute approximate surface area is 87.8 Å². The van der Waals surface area contributed by atoms with Crippen molar-refractivity contribution >= 4 is 22.8 Å². The summed E-state index contributed by atoms with van der Waals surface area (Å²) in [6.07, 6.45) is 4.50. The lowest BCUT2D eigenvalue weighted by Crippen LogP contribution is -2.04. The number of ketones is 1. The van der Waals surface area contributed by atoms with E-state index in [0.29, 0.717) is 6.42 Å². The number of benzene rings is 1. The number of Topliss-reactive ketones (excluding diaryl/α,β-unsaturated/α-hetero) is 1. The SMILES string of the molecule is Cn1c2c(c3ccccc31)C(=O)CC=C2. The van der Waals surface area contributed by atoms with Crippen LogP contribution in [0, 0.1) is 0 Å². The number of fused-ring (bicyclic) bond motifs is 3. The molecule has 0 unspecified atom stereocenters. The third-order valence-electron chi connectivity index (χ3n) is 3.01. The average Bonchev–Trinajstić information content (AvgIpc) is 2.55. The topological polar surface area (TPSA) is 22.0 Å². The quantitative estimate of drug-likeness (QED) is 0.636. The zero-order valence-electron chi connectivity index (χ0n) is 8.53. The molecular weight excluding hydrogens is 186 g/mol. The van der Waals surface area contributed by atoms with E-state index in [9.17, 15) is 4.79 Å². The second kappa shape index (κ2) is 2.83. The summed E-state index contributed by atoms with van der Waals surface area (Å²) in [4.78, 5) is 11.8. The summed E-state index contributed by atoms with van der Waals surface area (Å²) >= 11 is 0. The Morgan fingerprint density at radius 1 is 1.27 bits per heavy atom. The molecule has 0 bridgehead atoms. The highest BCUT2D eigenvalue weighted by atomic mass is 16.1. The van der Waals surface area contributed by atoms with E-state index in [-0.39, 0.29) is 5.78 Å². The van der Waals surface area contributed by atoms with Gasteiger partial charge in [-0.3, -0.25) is 4.79 Å². The van der Waals surface area contributed by atoms with Crippen molar-refractivity contribution in [2.45, 2.75) is 6.42 Å². The molecule has 2 aromatic rings. The number of allylic oxidation sites excluding steroid dienone is 1. The van der Waals surface area contributed by atoms with E-state index in [2.05, 4.69) is 10.6 Å². The predicted molar refractivity (Wildman–Crippen MR) is 60.9 cm³/mol. The highest BCUT2D eigenvalue weighted by Crippen LogP contribution is 2.29. The number of hydrogen-bond acceptors (Lipinski definition) is 1. The minimum Gasteiger partial charge on any atom is -0.344 e. The van der Waals surface area contributed by atoms with Gasteiger partial charge in [0.15, 0.2) is 5.78 Å². The first-order valence-electron chi connectivity index (χ1n) is 5.06. The van der Waals surface area contributed by atoms with Crippen LogP contribution in [0.2, 0.25) is 0 Å². The van der Waals surface area contributed by atoms with Gasteiger partial charge in [0.2, 0.25) is 0 Å². The monoisotopic (exact) mass is 197 g/mol. The van der Waals surface area contributed by atoms with Gasteiger partial charge in [0.05, 0.1) is 11.3 Å². The van der Waals surface area contributed by atoms with Gasteiger partial charge >= 0.3 is 0 Å². The Balaban J connectivity index is 2.52. The van der Waals surface area contributed by atoms with Crippen molar-refractivity contribution in [2.24, 2.45) is 7.05 Å². The third-order valence-corrected chi connectivity index (χ3v) is 3.01. The van der Waals surface area contributed by atoms with E-state index in [0.717, 1.165) is 22.2 Å². The molecule has 15 heavy (non-hydrogen) atoms. The largest absolute Gasteiger partial charge is 0.344 e. The maximum atomic E-state index is 11.8. The molecule has 0 saturated heterocycles. The highest BCUT2D eigenvalue weighted by molar-refractivity contribution is 6.13. The van der Waals surface area contributed by atoms with Gasteiger partial charge in [-0.05, 0) is 12.1 Å². The van der Waals surface area contributed by atoms with Gasteiger partial charge in [0.1, 0.15) is 0 Å². The van der Waals surface area contributed by atoms with Crippen LogP contribution in [0.3, 0.4) is 0 Å². The molecule has 1 aliphatic carbocycles. The first-order chi connectivity index (χ1) is 7.29. The molecule has 0 spiro atoms. The van der Waals surface area contributed by atoms with Crippen molar-refractivity contribution in [3.8, 4) is 0 Å². The van der Waals surface area contributed by atoms with E-state index >= 15 is 0 Å². The summed E-state index contributed by atoms with van der Waals surface area (Å²) in [5.41, 5.74) is 3.05. The molecule has 0 atom stereocenters. The van der Waals surface area contributed by atoms with Crippen molar-refractivity contribution in [1.82, 2.24) is 4.57 Å². The van der Waals surface area contributed by atoms with Crippen LogP contribution in [0.15, 0.2) is 30.3 Å². The summed E-state index contributed by atoms with van der Waals surface area (Å²) < 4.78 is 2.08. The first-order valence-corrected chi connectivity index (χ1v) is 5.06. The van der Waals surface area contributed by atoms with E-state index in [1.165, 1.54) is 0 Å². The summed E-state index contributed by atoms with van der Waals surface area (Å²) in [5, 5.41) is 1.07. The van der Waals surface area contributed by atoms with Crippen LogP contribution in [0.4, 0.5) is 0 Å². The number of aromatic nitrogens is 1. The molecule has 0 N–H and O–H groups in total. The Bertz CT molecular complexity index is 590. The molecule has 74 valence electrons. The van der Waals surface area contributed by atoms with Crippen molar-refractivity contribution < 1.29 is 4.79 Å². The Morgan fingerprint density at radius 3 is 2.93 bits per heavy atom. The van der Waals surface area contributed by atoms with Gasteiger partial charge in [-0.2, -0.15) is 0 Å². The smallest absolute Gasteiger partial charge is 0.169 e. The maximum Gasteiger partial charge on any atom is 0.169 e. The molecule has 2 heteroatoms. The van der Waals surface area contributed by atoms with Crippen LogP contribution in [-0.2, 0) is 7.05 Å². The van der Waals surface area contributed by atoms with Gasteiger partial charge in [-0.15, -0.1) is 0 Å². The molecule has 0 amide bonds. The van der Waals surface area contributed by atoms with Crippen LogP contribution >= 0.6 is 0 Å². The molecule has 3 rings (SSSR count). The normalized spacial score (nSPS) is 14.6. The second-order valence-electron chi connectivity index (χ2n) is 3.87. The molecule has 0 aliphatic heterocycles. The molecular formula is C13H11NO. The minimum atomic E-state index is 0.226. The number of aryl methyl sites for hydroxylation is 1. The Morgan fingerprint density at radius 2 is 2.07 bits per heavy atom. The molecule has 1 aromatic heterocycles. The molecule has 0 radical (unpaired) electrons. The second-order valence-corrected chi connectivity index (χ2v) is 3.87. The number of nitrogens with zero attached hydrogens (tertiary/aromatic N) is 1. The standard InChI is InChI=1S/C13H11NO/c1-14-10-6-3-2-5-9(10)13-11(14)7-4-8-12(13)15/h2-7H,8H2,1H3. The lowest BCUT2D eigenvalue weighted by Gasteiger charge is -2.05. The van der Waals surface area contributed by atoms with Crippen LogP contribution in [0.1, 0.15) is 22.5 Å². The van der Waals surface area contributed by atoms with E-state index < -0.39 is 0 Å². The van der Waals surface area contributed by atoms with E-state index in [1.807, 2.05) is 37.4 Å². The first kappa shape index (κ1) is 8.48. The van der Waals surface area contributed by atoms with Gasteiger partial charge in [-0.25, -0.2) is 0 Å². The predicted octanol–water partition coefficient (Wildman–Crippen LogP) is 2.78. The summed E-state index contributed by atoms with van der Waals surface area (Å²) in [7, 11) is 2.00. The Kier molecular flexibility index (Phi) is 1.60. The van der Waals surface area contributed by atoms with Gasteiger partial charge in [0, 0.05) is 24.4 Å². The zero-order valence-corrected chi connectivity index (χ0v) is 8.53. The molecule has 0 saturated carbocycles. The average molecular weight is 197 g/mol. The fourth-order valence-electron chi connectivity index (χ4n) is 2.28. The molecule has 1 aromatic carbocycles. The number of carbonyl (C=O) groups excluding carboxylic acids is 1. The van der Waals surface area contributed by atoms with Crippen LogP contribution in [0.5, 0.6) is 0 Å². The van der Waals surface area contributed by atoms with Crippen LogP contribution in [-0.4, -0.2) is 10.4 Å². The van der Waals surface area contributed by atoms with Crippen LogP contribution in [0.25, 0.3) is 17.0 Å². The fourth-order valence-corrected chi connectivity index (χ4v) is 2.28. The van der Waals surface area contributed by atoms with Crippen molar-refractivity contribution in [1.29, 1.82) is 0 Å². The lowest BCUT2D eigenvalue weighted by atomic mass is 10.00. The summed E-state index contributed by atoms with van der Waals surface area (Å²) in [5.74, 6) is 0.226. The Hall–Kier alpha value is -1.83. The van der Waals surface area contributed by atoms with E-state index in [1.54, 1.807) is 0 Å².